The molecule has 0 amide bonds. The lowest BCUT2D eigenvalue weighted by molar-refractivity contribution is -0.151. The Morgan fingerprint density at radius 3 is 1.26 bits per heavy atom. The Morgan fingerprint density at radius 1 is 0.529 bits per heavy atom. The smallest absolute Gasteiger partial charge is 0.461 e. The van der Waals surface area contributed by atoms with Crippen molar-refractivity contribution in [3.63, 3.8) is 0 Å². The summed E-state index contributed by atoms with van der Waals surface area (Å²) in [6.07, 6.45) is -2.70. The van der Waals surface area contributed by atoms with Gasteiger partial charge in [-0.2, -0.15) is 0 Å². The minimum atomic E-state index is -1.09. The van der Waals surface area contributed by atoms with Gasteiger partial charge in [0.05, 0.1) is 12.8 Å². The van der Waals surface area contributed by atoms with Crippen LogP contribution in [-0.4, -0.2) is 24.2 Å². The van der Waals surface area contributed by atoms with Gasteiger partial charge < -0.3 is 18.9 Å². The summed E-state index contributed by atoms with van der Waals surface area (Å²) in [5, 5.41) is 0. The lowest BCUT2D eigenvalue weighted by Crippen LogP contribution is -2.26. The summed E-state index contributed by atoms with van der Waals surface area (Å²) in [5.74, 6) is -1.22. The highest BCUT2D eigenvalue weighted by atomic mass is 16.7. The molecular formula is C27H26O7. The Kier molecular flexibility index (Phi) is 9.68. The van der Waals surface area contributed by atoms with E-state index in [1.165, 1.54) is 0 Å². The number of rotatable bonds is 11. The van der Waals surface area contributed by atoms with E-state index < -0.39 is 24.2 Å². The molecular weight excluding hydrogens is 436 g/mol. The third-order valence-electron chi connectivity index (χ3n) is 4.74. The van der Waals surface area contributed by atoms with Crippen molar-refractivity contribution in [3.05, 3.63) is 108 Å². The van der Waals surface area contributed by atoms with Crippen LogP contribution in [0.2, 0.25) is 0 Å². The van der Waals surface area contributed by atoms with E-state index in [1.54, 1.807) is 12.1 Å². The highest BCUT2D eigenvalue weighted by molar-refractivity contribution is 5.74. The SMILES string of the molecule is O=C(CC(CC(=O)OCc1ccccc1)OC(=O)OCc1ccccc1)OCc1ccccc1. The van der Waals surface area contributed by atoms with E-state index in [2.05, 4.69) is 0 Å². The van der Waals surface area contributed by atoms with Gasteiger partial charge >= 0.3 is 18.1 Å². The number of ether oxygens (including phenoxy) is 4. The lowest BCUT2D eigenvalue weighted by atomic mass is 10.2. The molecule has 0 bridgehead atoms. The Balaban J connectivity index is 1.53. The molecule has 3 aromatic rings. The van der Waals surface area contributed by atoms with Gasteiger partial charge in [0, 0.05) is 0 Å². The van der Waals surface area contributed by atoms with E-state index in [9.17, 15) is 14.4 Å². The first-order chi connectivity index (χ1) is 16.6. The van der Waals surface area contributed by atoms with Crippen LogP contribution >= 0.6 is 0 Å². The highest BCUT2D eigenvalue weighted by Gasteiger charge is 2.24. The third-order valence-corrected chi connectivity index (χ3v) is 4.74. The monoisotopic (exact) mass is 462 g/mol. The second kappa shape index (κ2) is 13.4. The van der Waals surface area contributed by atoms with Crippen molar-refractivity contribution in [1.82, 2.24) is 0 Å². The van der Waals surface area contributed by atoms with E-state index in [0.717, 1.165) is 16.7 Å². The van der Waals surface area contributed by atoms with Crippen molar-refractivity contribution in [2.45, 2.75) is 38.8 Å². The molecule has 7 heteroatoms. The molecule has 0 heterocycles. The maximum Gasteiger partial charge on any atom is 0.508 e. The van der Waals surface area contributed by atoms with E-state index >= 15 is 0 Å². The van der Waals surface area contributed by atoms with Gasteiger partial charge in [0.25, 0.3) is 0 Å². The summed E-state index contributed by atoms with van der Waals surface area (Å²) < 4.78 is 20.9. The van der Waals surface area contributed by atoms with Crippen molar-refractivity contribution < 1.29 is 33.3 Å². The molecule has 0 N–H and O–H groups in total. The zero-order valence-electron chi connectivity index (χ0n) is 18.6. The van der Waals surface area contributed by atoms with Crippen LogP contribution in [0.1, 0.15) is 29.5 Å². The molecule has 0 radical (unpaired) electrons. The van der Waals surface area contributed by atoms with Crippen molar-refractivity contribution >= 4 is 18.1 Å². The van der Waals surface area contributed by atoms with Crippen molar-refractivity contribution in [3.8, 4) is 0 Å². The van der Waals surface area contributed by atoms with Gasteiger partial charge in [-0.15, -0.1) is 0 Å². The number of hydrogen-bond acceptors (Lipinski definition) is 7. The molecule has 7 nitrogen and oxygen atoms in total. The summed E-state index contributed by atoms with van der Waals surface area (Å²) in [6, 6.07) is 27.4. The molecule has 0 unspecified atom stereocenters. The normalized spacial score (nSPS) is 10.4. The first kappa shape index (κ1) is 24.5. The molecule has 0 aliphatic carbocycles. The zero-order chi connectivity index (χ0) is 24.0. The van der Waals surface area contributed by atoms with Gasteiger partial charge in [-0.3, -0.25) is 9.59 Å². The molecule has 0 aromatic heterocycles. The molecule has 176 valence electrons. The van der Waals surface area contributed by atoms with Crippen LogP contribution in [0.25, 0.3) is 0 Å². The quantitative estimate of drug-likeness (QED) is 0.293. The summed E-state index contributed by atoms with van der Waals surface area (Å²) in [5.41, 5.74) is 2.41. The van der Waals surface area contributed by atoms with Gasteiger partial charge in [0.1, 0.15) is 25.9 Å². The number of esters is 2. The van der Waals surface area contributed by atoms with Gasteiger partial charge in [-0.25, -0.2) is 4.79 Å². The minimum Gasteiger partial charge on any atom is -0.461 e. The van der Waals surface area contributed by atoms with Crippen LogP contribution in [0.3, 0.4) is 0 Å². The maximum absolute atomic E-state index is 12.3. The molecule has 0 saturated heterocycles. The van der Waals surface area contributed by atoms with Crippen LogP contribution in [0.15, 0.2) is 91.0 Å². The van der Waals surface area contributed by atoms with E-state index in [-0.39, 0.29) is 32.7 Å². The fourth-order valence-corrected chi connectivity index (χ4v) is 3.01. The number of carbonyl (C=O) groups is 3. The van der Waals surface area contributed by atoms with Gasteiger partial charge in [0.15, 0.2) is 0 Å². The molecule has 0 atom stereocenters. The summed E-state index contributed by atoms with van der Waals surface area (Å²) >= 11 is 0. The summed E-state index contributed by atoms with van der Waals surface area (Å²) in [6.45, 7) is 0.149. The number of carbonyl (C=O) groups excluding carboxylic acids is 3. The second-order valence-corrected chi connectivity index (χ2v) is 7.46. The standard InChI is InChI=1S/C27H26O7/c28-25(31-18-21-10-4-1-5-11-21)16-24(17-26(29)32-19-22-12-6-2-7-13-22)34-27(30)33-20-23-14-8-3-9-15-23/h1-15,24H,16-20H2. The highest BCUT2D eigenvalue weighted by Crippen LogP contribution is 2.12. The fraction of sp³-hybridized carbons (Fsp3) is 0.222. The van der Waals surface area contributed by atoms with Crippen molar-refractivity contribution in [1.29, 1.82) is 0 Å². The Hall–Kier alpha value is -4.13. The first-order valence-corrected chi connectivity index (χ1v) is 10.8. The van der Waals surface area contributed by atoms with Crippen LogP contribution < -0.4 is 0 Å². The van der Waals surface area contributed by atoms with Gasteiger partial charge in [-0.05, 0) is 16.7 Å². The largest absolute Gasteiger partial charge is 0.508 e. The van der Waals surface area contributed by atoms with Crippen LogP contribution in [0.5, 0.6) is 0 Å². The predicted molar refractivity (Wildman–Crippen MR) is 123 cm³/mol. The van der Waals surface area contributed by atoms with Crippen molar-refractivity contribution in [2.75, 3.05) is 0 Å². The predicted octanol–water partition coefficient (Wildman–Crippen LogP) is 4.98. The topological polar surface area (TPSA) is 88.1 Å². The first-order valence-electron chi connectivity index (χ1n) is 10.8. The molecule has 34 heavy (non-hydrogen) atoms. The summed E-state index contributed by atoms with van der Waals surface area (Å²) in [4.78, 5) is 36.9. The second-order valence-electron chi connectivity index (χ2n) is 7.46. The number of benzene rings is 3. The molecule has 3 rings (SSSR count). The van der Waals surface area contributed by atoms with Crippen LogP contribution in [0, 0.1) is 0 Å². The van der Waals surface area contributed by atoms with E-state index in [4.69, 9.17) is 18.9 Å². The fourth-order valence-electron chi connectivity index (χ4n) is 3.01. The van der Waals surface area contributed by atoms with Gasteiger partial charge in [-0.1, -0.05) is 91.0 Å². The molecule has 0 aliphatic heterocycles. The summed E-state index contributed by atoms with van der Waals surface area (Å²) in [7, 11) is 0. The Bertz CT molecular complexity index is 900. The van der Waals surface area contributed by atoms with E-state index in [0.29, 0.717) is 0 Å². The molecule has 0 aliphatic rings. The average Bonchev–Trinajstić information content (AvgIpc) is 2.87. The lowest BCUT2D eigenvalue weighted by Gasteiger charge is -2.17. The van der Waals surface area contributed by atoms with Crippen LogP contribution in [-0.2, 0) is 48.4 Å². The zero-order valence-corrected chi connectivity index (χ0v) is 18.6. The third kappa shape index (κ3) is 9.16. The van der Waals surface area contributed by atoms with Crippen molar-refractivity contribution in [2.24, 2.45) is 0 Å². The van der Waals surface area contributed by atoms with E-state index in [1.807, 2.05) is 78.9 Å². The average molecular weight is 462 g/mol. The Morgan fingerprint density at radius 2 is 0.882 bits per heavy atom. The molecule has 0 spiro atoms. The van der Waals surface area contributed by atoms with Crippen LogP contribution in [0.4, 0.5) is 4.79 Å². The minimum absolute atomic E-state index is 0.00327. The molecule has 3 aromatic carbocycles. The maximum atomic E-state index is 12.3. The van der Waals surface area contributed by atoms with Gasteiger partial charge in [0.2, 0.25) is 0 Å². The Labute approximate surface area is 198 Å². The number of hydrogen-bond donors (Lipinski definition) is 0. The molecule has 0 saturated carbocycles. The molecule has 0 fully saturated rings.